The zero-order valence-electron chi connectivity index (χ0n) is 15.9. The second kappa shape index (κ2) is 9.15. The molecule has 4 aromatic rings. The summed E-state index contributed by atoms with van der Waals surface area (Å²) in [4.78, 5) is 32.2. The molecule has 4 rings (SSSR count). The van der Waals surface area contributed by atoms with Crippen molar-refractivity contribution in [2.75, 3.05) is 10.6 Å². The molecule has 2 heterocycles. The molecule has 0 unspecified atom stereocenters. The number of amides is 2. The molecule has 2 amide bonds. The van der Waals surface area contributed by atoms with Crippen molar-refractivity contribution in [2.45, 2.75) is 12.8 Å². The van der Waals surface area contributed by atoms with Crippen molar-refractivity contribution < 1.29 is 14.3 Å². The van der Waals surface area contributed by atoms with Gasteiger partial charge in [-0.1, -0.05) is 12.1 Å². The van der Waals surface area contributed by atoms with Crippen LogP contribution in [0.5, 0.6) is 11.5 Å². The number of carbonyl (C=O) groups is 2. The van der Waals surface area contributed by atoms with E-state index in [0.717, 1.165) is 10.9 Å². The molecule has 7 nitrogen and oxygen atoms in total. The highest BCUT2D eigenvalue weighted by Gasteiger charge is 2.09. The number of para-hydroxylation sites is 1. The van der Waals surface area contributed by atoms with Crippen molar-refractivity contribution >= 4 is 44.9 Å². The van der Waals surface area contributed by atoms with Gasteiger partial charge in [0.05, 0.1) is 5.52 Å². The summed E-state index contributed by atoms with van der Waals surface area (Å²) in [6.45, 7) is 0. The standard InChI is InChI=1S/C22H18N4O3S/c27-20(9-10-21(28)26-22-24-13-14-30-22)25-15-5-7-16(8-6-15)29-19-11-12-23-18-4-2-1-3-17(18)19/h1-8,11-14H,9-10H2,(H,25,27)(H,24,26,28). The lowest BCUT2D eigenvalue weighted by atomic mass is 10.2. The molecule has 0 spiro atoms. The van der Waals surface area contributed by atoms with Crippen LogP contribution in [0.15, 0.2) is 72.4 Å². The summed E-state index contributed by atoms with van der Waals surface area (Å²) >= 11 is 1.33. The van der Waals surface area contributed by atoms with Crippen molar-refractivity contribution in [1.29, 1.82) is 0 Å². The van der Waals surface area contributed by atoms with Gasteiger partial charge >= 0.3 is 0 Å². The Morgan fingerprint density at radius 3 is 2.40 bits per heavy atom. The minimum Gasteiger partial charge on any atom is -0.457 e. The van der Waals surface area contributed by atoms with Gasteiger partial charge in [-0.3, -0.25) is 14.6 Å². The number of nitrogens with one attached hydrogen (secondary N) is 2. The highest BCUT2D eigenvalue weighted by Crippen LogP contribution is 2.29. The van der Waals surface area contributed by atoms with Crippen LogP contribution in [-0.4, -0.2) is 21.8 Å². The molecule has 0 saturated carbocycles. The van der Waals surface area contributed by atoms with Crippen molar-refractivity contribution in [3.05, 3.63) is 72.4 Å². The van der Waals surface area contributed by atoms with Gasteiger partial charge in [-0.05, 0) is 42.5 Å². The number of benzene rings is 2. The molecule has 0 saturated heterocycles. The summed E-state index contributed by atoms with van der Waals surface area (Å²) in [5, 5.41) is 8.65. The summed E-state index contributed by atoms with van der Waals surface area (Å²) in [5.41, 5.74) is 1.49. The van der Waals surface area contributed by atoms with Gasteiger partial charge in [-0.2, -0.15) is 0 Å². The molecule has 8 heteroatoms. The van der Waals surface area contributed by atoms with E-state index in [9.17, 15) is 9.59 Å². The summed E-state index contributed by atoms with van der Waals surface area (Å²) in [6, 6.07) is 16.6. The topological polar surface area (TPSA) is 93.2 Å². The number of nitrogens with zero attached hydrogens (tertiary/aromatic N) is 2. The Labute approximate surface area is 176 Å². The molecule has 0 radical (unpaired) electrons. The highest BCUT2D eigenvalue weighted by atomic mass is 32.1. The molecule has 0 aliphatic heterocycles. The van der Waals surface area contributed by atoms with Crippen molar-refractivity contribution in [3.8, 4) is 11.5 Å². The van der Waals surface area contributed by atoms with Gasteiger partial charge in [0.15, 0.2) is 5.13 Å². The third kappa shape index (κ3) is 4.98. The summed E-state index contributed by atoms with van der Waals surface area (Å²) in [7, 11) is 0. The largest absolute Gasteiger partial charge is 0.457 e. The molecule has 0 bridgehead atoms. The minimum absolute atomic E-state index is 0.0818. The van der Waals surface area contributed by atoms with E-state index in [2.05, 4.69) is 20.6 Å². The molecule has 2 N–H and O–H groups in total. The number of hydrogen-bond acceptors (Lipinski definition) is 6. The highest BCUT2D eigenvalue weighted by molar-refractivity contribution is 7.13. The van der Waals surface area contributed by atoms with E-state index in [0.29, 0.717) is 22.3 Å². The minimum atomic E-state index is -0.242. The number of carbonyl (C=O) groups excluding carboxylic acids is 2. The fourth-order valence-electron chi connectivity index (χ4n) is 2.81. The predicted molar refractivity (Wildman–Crippen MR) is 117 cm³/mol. The number of rotatable bonds is 7. The number of hydrogen-bond donors (Lipinski definition) is 2. The van der Waals surface area contributed by atoms with Gasteiger partial charge in [-0.25, -0.2) is 4.98 Å². The second-order valence-electron chi connectivity index (χ2n) is 6.39. The number of pyridine rings is 1. The van der Waals surface area contributed by atoms with Crippen LogP contribution in [0.1, 0.15) is 12.8 Å². The normalized spacial score (nSPS) is 10.5. The average Bonchev–Trinajstić information content (AvgIpc) is 3.27. The Morgan fingerprint density at radius 2 is 1.63 bits per heavy atom. The van der Waals surface area contributed by atoms with Gasteiger partial charge in [0.25, 0.3) is 0 Å². The first-order valence-electron chi connectivity index (χ1n) is 9.28. The van der Waals surface area contributed by atoms with Crippen LogP contribution >= 0.6 is 11.3 Å². The fourth-order valence-corrected chi connectivity index (χ4v) is 3.35. The zero-order valence-corrected chi connectivity index (χ0v) is 16.7. The average molecular weight is 418 g/mol. The van der Waals surface area contributed by atoms with E-state index in [4.69, 9.17) is 4.74 Å². The molecule has 30 heavy (non-hydrogen) atoms. The molecule has 2 aromatic heterocycles. The number of aromatic nitrogens is 2. The maximum Gasteiger partial charge on any atom is 0.226 e. The Morgan fingerprint density at radius 1 is 0.867 bits per heavy atom. The first-order chi connectivity index (χ1) is 14.7. The van der Waals surface area contributed by atoms with Crippen molar-refractivity contribution in [1.82, 2.24) is 9.97 Å². The van der Waals surface area contributed by atoms with Gasteiger partial charge < -0.3 is 15.4 Å². The summed E-state index contributed by atoms with van der Waals surface area (Å²) < 4.78 is 5.97. The fraction of sp³-hybridized carbons (Fsp3) is 0.0909. The van der Waals surface area contributed by atoms with Crippen LogP contribution in [0.25, 0.3) is 10.9 Å². The lowest BCUT2D eigenvalue weighted by Crippen LogP contribution is -2.17. The molecule has 0 atom stereocenters. The van der Waals surface area contributed by atoms with Gasteiger partial charge in [0, 0.05) is 41.7 Å². The first-order valence-corrected chi connectivity index (χ1v) is 10.2. The summed E-state index contributed by atoms with van der Waals surface area (Å²) in [5.74, 6) is 0.877. The Balaban J connectivity index is 1.31. The maximum absolute atomic E-state index is 12.1. The van der Waals surface area contributed by atoms with E-state index in [1.807, 2.05) is 30.3 Å². The zero-order chi connectivity index (χ0) is 20.8. The third-order valence-electron chi connectivity index (χ3n) is 4.23. The lowest BCUT2D eigenvalue weighted by Gasteiger charge is -2.10. The summed E-state index contributed by atoms with van der Waals surface area (Å²) in [6.07, 6.45) is 3.48. The van der Waals surface area contributed by atoms with Crippen LogP contribution in [0.4, 0.5) is 10.8 Å². The molecular formula is C22H18N4O3S. The first kappa shape index (κ1) is 19.5. The lowest BCUT2D eigenvalue weighted by molar-refractivity contribution is -0.121. The predicted octanol–water partition coefficient (Wildman–Crippen LogP) is 4.84. The van der Waals surface area contributed by atoms with E-state index in [1.54, 1.807) is 42.0 Å². The molecule has 150 valence electrons. The van der Waals surface area contributed by atoms with E-state index < -0.39 is 0 Å². The SMILES string of the molecule is O=C(CCC(=O)Nc1nccs1)Nc1ccc(Oc2ccnc3ccccc23)cc1. The molecule has 2 aromatic carbocycles. The van der Waals surface area contributed by atoms with Gasteiger partial charge in [0.2, 0.25) is 11.8 Å². The Hall–Kier alpha value is -3.78. The Bertz CT molecular complexity index is 1160. The van der Waals surface area contributed by atoms with Gasteiger partial charge in [0.1, 0.15) is 11.5 Å². The smallest absolute Gasteiger partial charge is 0.226 e. The molecule has 0 aliphatic rings. The van der Waals surface area contributed by atoms with Gasteiger partial charge in [-0.15, -0.1) is 11.3 Å². The maximum atomic E-state index is 12.1. The molecular weight excluding hydrogens is 400 g/mol. The number of anilines is 2. The van der Waals surface area contributed by atoms with Crippen LogP contribution in [0, 0.1) is 0 Å². The molecule has 0 fully saturated rings. The van der Waals surface area contributed by atoms with Crippen molar-refractivity contribution in [3.63, 3.8) is 0 Å². The number of fused-ring (bicyclic) bond motifs is 1. The van der Waals surface area contributed by atoms with Crippen molar-refractivity contribution in [2.24, 2.45) is 0 Å². The quantitative estimate of drug-likeness (QED) is 0.448. The monoisotopic (exact) mass is 418 g/mol. The second-order valence-corrected chi connectivity index (χ2v) is 7.28. The Kier molecular flexibility index (Phi) is 5.95. The van der Waals surface area contributed by atoms with Crippen LogP contribution in [0.3, 0.4) is 0 Å². The number of thiazole rings is 1. The van der Waals surface area contributed by atoms with E-state index in [1.165, 1.54) is 11.3 Å². The number of ether oxygens (including phenoxy) is 1. The third-order valence-corrected chi connectivity index (χ3v) is 4.92. The van der Waals surface area contributed by atoms with E-state index >= 15 is 0 Å². The van der Waals surface area contributed by atoms with Crippen LogP contribution in [-0.2, 0) is 9.59 Å². The van der Waals surface area contributed by atoms with E-state index in [-0.39, 0.29) is 24.7 Å². The van der Waals surface area contributed by atoms with Crippen LogP contribution < -0.4 is 15.4 Å². The van der Waals surface area contributed by atoms with Crippen LogP contribution in [0.2, 0.25) is 0 Å². The molecule has 0 aliphatic carbocycles.